The highest BCUT2D eigenvalue weighted by molar-refractivity contribution is 14.1. The topological polar surface area (TPSA) is 40.6 Å². The van der Waals surface area contributed by atoms with Crippen LogP contribution in [0.5, 0.6) is 0 Å². The van der Waals surface area contributed by atoms with Gasteiger partial charge in [0, 0.05) is 55.7 Å². The molecule has 2 aromatic carbocycles. The Morgan fingerprint density at radius 1 is 1.09 bits per heavy atom. The van der Waals surface area contributed by atoms with E-state index in [-0.39, 0.29) is 12.4 Å². The summed E-state index contributed by atoms with van der Waals surface area (Å²) < 4.78 is 34.7. The second kappa shape index (κ2) is 10.0. The summed E-state index contributed by atoms with van der Waals surface area (Å²) >= 11 is 1.90. The maximum Gasteiger partial charge on any atom is 0.149 e. The van der Waals surface area contributed by atoms with Crippen molar-refractivity contribution in [1.82, 2.24) is 4.98 Å². The molecule has 5 rings (SSSR count). The van der Waals surface area contributed by atoms with Crippen LogP contribution in [0, 0.1) is 22.1 Å². The maximum absolute atomic E-state index is 14.7. The van der Waals surface area contributed by atoms with E-state index in [4.69, 9.17) is 9.72 Å². The highest BCUT2D eigenvalue weighted by atomic mass is 127. The van der Waals surface area contributed by atoms with Crippen LogP contribution in [-0.2, 0) is 11.3 Å². The molecule has 1 aromatic heterocycles. The molecule has 3 aromatic rings. The Morgan fingerprint density at radius 2 is 1.88 bits per heavy atom. The lowest BCUT2D eigenvalue weighted by atomic mass is 9.99. The second-order valence-corrected chi connectivity index (χ2v) is 9.75. The van der Waals surface area contributed by atoms with E-state index in [0.717, 1.165) is 74.0 Å². The highest BCUT2D eigenvalue weighted by Crippen LogP contribution is 2.38. The van der Waals surface area contributed by atoms with Gasteiger partial charge in [-0.1, -0.05) is 12.1 Å². The van der Waals surface area contributed by atoms with Gasteiger partial charge in [-0.25, -0.2) is 13.8 Å². The van der Waals surface area contributed by atoms with Gasteiger partial charge < -0.3 is 19.9 Å². The number of nitrogens with zero attached hydrogens (tertiary/aromatic N) is 3. The molecule has 34 heavy (non-hydrogen) atoms. The molecule has 3 heterocycles. The Morgan fingerprint density at radius 3 is 2.71 bits per heavy atom. The maximum atomic E-state index is 14.7. The van der Waals surface area contributed by atoms with Gasteiger partial charge in [-0.3, -0.25) is 0 Å². The molecular formula is C26H27F2IN4O. The van der Waals surface area contributed by atoms with Crippen LogP contribution in [0.4, 0.5) is 26.0 Å². The molecule has 178 valence electrons. The molecule has 1 fully saturated rings. The summed E-state index contributed by atoms with van der Waals surface area (Å²) in [6.45, 7) is 7.11. The van der Waals surface area contributed by atoms with Crippen LogP contribution in [0.25, 0.3) is 11.1 Å². The average Bonchev–Trinajstić information content (AvgIpc) is 3.08. The Balaban J connectivity index is 1.54. The van der Waals surface area contributed by atoms with Crippen molar-refractivity contribution in [3.05, 3.63) is 68.9 Å². The second-order valence-electron chi connectivity index (χ2n) is 8.67. The standard InChI is InChI=1S/C26H27F2IN4O/c1-17-20(18-4-2-5-19(14-18)32-10-12-34-13-11-32)15-31-26-25(17)33(9-3-8-30-26)16-21-22(27)6-7-23(28)24(21)29/h2,4-7,14-15H,3,8-13,16H2,1H3,(H,30,31). The smallest absolute Gasteiger partial charge is 0.149 e. The van der Waals surface area contributed by atoms with E-state index >= 15 is 0 Å². The molecule has 1 N–H and O–H groups in total. The van der Waals surface area contributed by atoms with E-state index in [1.165, 1.54) is 17.8 Å². The van der Waals surface area contributed by atoms with Crippen molar-refractivity contribution in [1.29, 1.82) is 0 Å². The number of halogens is 3. The van der Waals surface area contributed by atoms with E-state index < -0.39 is 5.82 Å². The number of hydrogen-bond acceptors (Lipinski definition) is 5. The van der Waals surface area contributed by atoms with Gasteiger partial charge in [-0.05, 0) is 71.3 Å². The molecule has 0 unspecified atom stereocenters. The number of pyridine rings is 1. The zero-order valence-electron chi connectivity index (χ0n) is 19.1. The zero-order valence-corrected chi connectivity index (χ0v) is 21.2. The Bertz CT molecular complexity index is 1200. The molecule has 0 atom stereocenters. The molecular weight excluding hydrogens is 549 g/mol. The molecule has 0 amide bonds. The Kier molecular flexibility index (Phi) is 6.87. The lowest BCUT2D eigenvalue weighted by molar-refractivity contribution is 0.122. The van der Waals surface area contributed by atoms with Crippen LogP contribution in [0.2, 0.25) is 0 Å². The molecule has 0 aliphatic carbocycles. The molecule has 0 radical (unpaired) electrons. The van der Waals surface area contributed by atoms with Gasteiger partial charge in [0.05, 0.1) is 22.5 Å². The van der Waals surface area contributed by atoms with E-state index in [0.29, 0.717) is 9.13 Å². The van der Waals surface area contributed by atoms with Crippen molar-refractivity contribution < 1.29 is 13.5 Å². The zero-order chi connectivity index (χ0) is 23.7. The van der Waals surface area contributed by atoms with Crippen molar-refractivity contribution >= 4 is 39.8 Å². The first-order chi connectivity index (χ1) is 16.5. The largest absolute Gasteiger partial charge is 0.378 e. The number of anilines is 3. The first kappa shape index (κ1) is 23.3. The van der Waals surface area contributed by atoms with Crippen molar-refractivity contribution in [3.8, 4) is 11.1 Å². The number of benzene rings is 2. The number of nitrogens with one attached hydrogen (secondary N) is 1. The van der Waals surface area contributed by atoms with E-state index in [1.807, 2.05) is 28.8 Å². The van der Waals surface area contributed by atoms with Crippen molar-refractivity contribution in [2.45, 2.75) is 19.9 Å². The fourth-order valence-electron chi connectivity index (χ4n) is 4.74. The summed E-state index contributed by atoms with van der Waals surface area (Å²) in [5.74, 6) is 0.00753. The number of ether oxygens (including phenoxy) is 1. The lowest BCUT2D eigenvalue weighted by Crippen LogP contribution is -2.36. The van der Waals surface area contributed by atoms with Crippen molar-refractivity contribution in [2.75, 3.05) is 54.5 Å². The minimum Gasteiger partial charge on any atom is -0.378 e. The van der Waals surface area contributed by atoms with Crippen molar-refractivity contribution in [2.24, 2.45) is 0 Å². The molecule has 0 saturated carbocycles. The minimum absolute atomic E-state index is 0.288. The quantitative estimate of drug-likeness (QED) is 0.324. The number of morpholine rings is 1. The molecule has 1 saturated heterocycles. The molecule has 0 bridgehead atoms. The first-order valence-electron chi connectivity index (χ1n) is 11.6. The van der Waals surface area contributed by atoms with Gasteiger partial charge in [0.2, 0.25) is 0 Å². The fraction of sp³-hybridized carbons (Fsp3) is 0.346. The summed E-state index contributed by atoms with van der Waals surface area (Å²) in [7, 11) is 0. The predicted octanol–water partition coefficient (Wildman–Crippen LogP) is 5.60. The Labute approximate surface area is 212 Å². The van der Waals surface area contributed by atoms with Gasteiger partial charge in [0.25, 0.3) is 0 Å². The lowest BCUT2D eigenvalue weighted by Gasteiger charge is -2.30. The minimum atomic E-state index is -0.395. The summed E-state index contributed by atoms with van der Waals surface area (Å²) in [4.78, 5) is 9.22. The third kappa shape index (κ3) is 4.57. The summed E-state index contributed by atoms with van der Waals surface area (Å²) in [6, 6.07) is 10.9. The number of fused-ring (bicyclic) bond motifs is 1. The normalized spacial score (nSPS) is 16.1. The van der Waals surface area contributed by atoms with Gasteiger partial charge >= 0.3 is 0 Å². The number of hydrogen-bond donors (Lipinski definition) is 1. The van der Waals surface area contributed by atoms with Gasteiger partial charge in [0.1, 0.15) is 17.5 Å². The van der Waals surface area contributed by atoms with Crippen LogP contribution in [0.15, 0.2) is 42.6 Å². The van der Waals surface area contributed by atoms with Crippen LogP contribution < -0.4 is 15.1 Å². The molecule has 2 aliphatic rings. The molecule has 0 spiro atoms. The van der Waals surface area contributed by atoms with E-state index in [9.17, 15) is 8.78 Å². The van der Waals surface area contributed by atoms with Crippen LogP contribution in [-0.4, -0.2) is 44.4 Å². The molecule has 5 nitrogen and oxygen atoms in total. The fourth-order valence-corrected chi connectivity index (χ4v) is 5.35. The third-order valence-electron chi connectivity index (χ3n) is 6.54. The Hall–Kier alpha value is -2.46. The van der Waals surface area contributed by atoms with Crippen LogP contribution in [0.3, 0.4) is 0 Å². The highest BCUT2D eigenvalue weighted by Gasteiger charge is 2.24. The van der Waals surface area contributed by atoms with Crippen LogP contribution >= 0.6 is 22.6 Å². The molecule has 2 aliphatic heterocycles. The van der Waals surface area contributed by atoms with Crippen LogP contribution in [0.1, 0.15) is 17.5 Å². The summed E-state index contributed by atoms with van der Waals surface area (Å²) in [5, 5.41) is 3.42. The monoisotopic (exact) mass is 576 g/mol. The first-order valence-corrected chi connectivity index (χ1v) is 12.6. The molecule has 8 heteroatoms. The van der Waals surface area contributed by atoms with Gasteiger partial charge in [-0.15, -0.1) is 0 Å². The average molecular weight is 576 g/mol. The number of aromatic nitrogens is 1. The summed E-state index contributed by atoms with van der Waals surface area (Å²) in [5.41, 5.74) is 5.70. The van der Waals surface area contributed by atoms with Crippen molar-refractivity contribution in [3.63, 3.8) is 0 Å². The predicted molar refractivity (Wildman–Crippen MR) is 141 cm³/mol. The van der Waals surface area contributed by atoms with E-state index in [2.05, 4.69) is 46.3 Å². The third-order valence-corrected chi connectivity index (χ3v) is 7.71. The SMILES string of the molecule is Cc1c(-c2cccc(N3CCOCC3)c2)cnc2c1N(Cc1c(F)ccc(F)c1I)CCCN2. The number of rotatable bonds is 4. The van der Waals surface area contributed by atoms with E-state index in [1.54, 1.807) is 0 Å². The summed E-state index contributed by atoms with van der Waals surface area (Å²) in [6.07, 6.45) is 2.79. The van der Waals surface area contributed by atoms with Gasteiger partial charge in [0.15, 0.2) is 0 Å². The van der Waals surface area contributed by atoms with Gasteiger partial charge in [-0.2, -0.15) is 0 Å².